The van der Waals surface area contributed by atoms with Crippen LogP contribution in [0.2, 0.25) is 0 Å². The van der Waals surface area contributed by atoms with Crippen LogP contribution >= 0.6 is 0 Å². The molecule has 1 fully saturated rings. The van der Waals surface area contributed by atoms with Gasteiger partial charge in [-0.25, -0.2) is 9.59 Å². The Morgan fingerprint density at radius 3 is 2.39 bits per heavy atom. The Kier molecular flexibility index (Phi) is 7.15. The maximum Gasteiger partial charge on any atom is 0.416 e. The number of nitrogens with zero attached hydrogens (tertiary/aromatic N) is 2. The Morgan fingerprint density at radius 2 is 1.86 bits per heavy atom. The summed E-state index contributed by atoms with van der Waals surface area (Å²) >= 11 is 0. The van der Waals surface area contributed by atoms with Crippen LogP contribution in [0.5, 0.6) is 0 Å². The highest BCUT2D eigenvalue weighted by Gasteiger charge is 2.32. The van der Waals surface area contributed by atoms with Crippen molar-refractivity contribution in [2.75, 3.05) is 38.2 Å². The first-order chi connectivity index (χ1) is 13.2. The number of anilines is 1. The summed E-state index contributed by atoms with van der Waals surface area (Å²) < 4.78 is 43.5. The lowest BCUT2D eigenvalue weighted by atomic mass is 9.99. The number of methoxy groups -OCH3 is 1. The number of hydrogen-bond donors (Lipinski definition) is 1. The van der Waals surface area contributed by atoms with E-state index in [0.29, 0.717) is 38.3 Å². The zero-order valence-electron chi connectivity index (χ0n) is 16.3. The van der Waals surface area contributed by atoms with E-state index in [-0.39, 0.29) is 11.9 Å². The van der Waals surface area contributed by atoms with Gasteiger partial charge in [-0.3, -0.25) is 0 Å². The Bertz CT molecular complexity index is 688. The largest absolute Gasteiger partial charge is 0.467 e. The number of ether oxygens (including phenoxy) is 1. The van der Waals surface area contributed by atoms with E-state index in [4.69, 9.17) is 4.74 Å². The number of carbonyl (C=O) groups is 2. The molecule has 0 radical (unpaired) electrons. The summed E-state index contributed by atoms with van der Waals surface area (Å²) in [5.41, 5.74) is -0.221. The van der Waals surface area contributed by atoms with Gasteiger partial charge >= 0.3 is 18.2 Å². The van der Waals surface area contributed by atoms with Crippen molar-refractivity contribution in [3.8, 4) is 0 Å². The lowest BCUT2D eigenvalue weighted by Crippen LogP contribution is -2.56. The Morgan fingerprint density at radius 1 is 1.21 bits per heavy atom. The summed E-state index contributed by atoms with van der Waals surface area (Å²) in [6.45, 7) is 5.27. The number of alkyl halides is 3. The van der Waals surface area contributed by atoms with Crippen LogP contribution in [0.15, 0.2) is 24.3 Å². The highest BCUT2D eigenvalue weighted by Crippen LogP contribution is 2.31. The van der Waals surface area contributed by atoms with Gasteiger partial charge in [0.1, 0.15) is 6.04 Å². The van der Waals surface area contributed by atoms with E-state index >= 15 is 0 Å². The Labute approximate surface area is 162 Å². The quantitative estimate of drug-likeness (QED) is 0.770. The third-order valence-corrected chi connectivity index (χ3v) is 5.05. The topological polar surface area (TPSA) is 61.9 Å². The van der Waals surface area contributed by atoms with Gasteiger partial charge in [0.05, 0.1) is 12.7 Å². The number of piperazine rings is 1. The molecule has 1 aliphatic heterocycles. The molecule has 2 rings (SSSR count). The maximum absolute atomic E-state index is 12.9. The summed E-state index contributed by atoms with van der Waals surface area (Å²) in [6, 6.07) is 4.05. The molecular weight excluding hydrogens is 375 g/mol. The normalized spacial score (nSPS) is 17.1. The molecular formula is C19H26F3N3O3. The van der Waals surface area contributed by atoms with Gasteiger partial charge in [0, 0.05) is 31.9 Å². The number of urea groups is 1. The fraction of sp³-hybridized carbons (Fsp3) is 0.579. The van der Waals surface area contributed by atoms with Gasteiger partial charge in [-0.2, -0.15) is 13.2 Å². The minimum absolute atomic E-state index is 0.0807. The monoisotopic (exact) mass is 401 g/mol. The number of carbonyl (C=O) groups excluding carboxylic acids is 2. The first-order valence-electron chi connectivity index (χ1n) is 9.22. The van der Waals surface area contributed by atoms with Crippen molar-refractivity contribution in [2.24, 2.45) is 5.92 Å². The molecule has 0 aliphatic carbocycles. The van der Waals surface area contributed by atoms with Crippen LogP contribution in [0.4, 0.5) is 23.7 Å². The minimum atomic E-state index is -4.39. The molecule has 1 heterocycles. The molecule has 1 aliphatic rings. The van der Waals surface area contributed by atoms with Gasteiger partial charge in [0.2, 0.25) is 0 Å². The average molecular weight is 401 g/mol. The van der Waals surface area contributed by atoms with Crippen LogP contribution in [0.25, 0.3) is 0 Å². The van der Waals surface area contributed by atoms with Crippen molar-refractivity contribution < 1.29 is 27.5 Å². The van der Waals surface area contributed by atoms with Crippen LogP contribution in [-0.2, 0) is 15.7 Å². The molecule has 156 valence electrons. The summed E-state index contributed by atoms with van der Waals surface area (Å²) in [7, 11) is 1.28. The van der Waals surface area contributed by atoms with E-state index in [1.54, 1.807) is 11.0 Å². The second-order valence-corrected chi connectivity index (χ2v) is 6.86. The molecule has 1 aromatic rings. The molecule has 28 heavy (non-hydrogen) atoms. The Balaban J connectivity index is 1.98. The zero-order chi connectivity index (χ0) is 20.9. The van der Waals surface area contributed by atoms with Crippen molar-refractivity contribution >= 4 is 17.7 Å². The molecule has 0 unspecified atom stereocenters. The lowest BCUT2D eigenvalue weighted by molar-refractivity contribution is -0.144. The SMILES string of the molecule is CC[C@@H](C)[C@H](NC(=O)N1CCN(c2cccc(C(F)(F)F)c2)CC1)C(=O)OC. The van der Waals surface area contributed by atoms with E-state index in [0.717, 1.165) is 12.1 Å². The highest BCUT2D eigenvalue weighted by atomic mass is 19.4. The molecule has 0 bridgehead atoms. The van der Waals surface area contributed by atoms with Gasteiger partial charge in [-0.1, -0.05) is 26.3 Å². The number of hydrogen-bond acceptors (Lipinski definition) is 4. The number of benzene rings is 1. The zero-order valence-corrected chi connectivity index (χ0v) is 16.3. The summed E-state index contributed by atoms with van der Waals surface area (Å²) in [4.78, 5) is 27.8. The number of halogens is 3. The summed E-state index contributed by atoms with van der Waals surface area (Å²) in [5.74, 6) is -0.576. The molecule has 0 saturated carbocycles. The molecule has 9 heteroatoms. The molecule has 0 spiro atoms. The van der Waals surface area contributed by atoms with Crippen molar-refractivity contribution in [3.63, 3.8) is 0 Å². The van der Waals surface area contributed by atoms with E-state index in [2.05, 4.69) is 5.32 Å². The molecule has 1 N–H and O–H groups in total. The average Bonchev–Trinajstić information content (AvgIpc) is 2.70. The van der Waals surface area contributed by atoms with Crippen molar-refractivity contribution in [3.05, 3.63) is 29.8 Å². The summed E-state index contributed by atoms with van der Waals surface area (Å²) in [6.07, 6.45) is -3.69. The van der Waals surface area contributed by atoms with E-state index < -0.39 is 23.8 Å². The number of rotatable bonds is 5. The van der Waals surface area contributed by atoms with Crippen LogP contribution in [0.3, 0.4) is 0 Å². The first-order valence-corrected chi connectivity index (χ1v) is 9.22. The van der Waals surface area contributed by atoms with Crippen LogP contribution in [-0.4, -0.2) is 56.2 Å². The van der Waals surface area contributed by atoms with Gasteiger partial charge < -0.3 is 19.9 Å². The highest BCUT2D eigenvalue weighted by molar-refractivity contribution is 5.84. The van der Waals surface area contributed by atoms with Gasteiger partial charge in [-0.05, 0) is 24.1 Å². The third-order valence-electron chi connectivity index (χ3n) is 5.05. The fourth-order valence-corrected chi connectivity index (χ4v) is 3.07. The second-order valence-electron chi connectivity index (χ2n) is 6.86. The maximum atomic E-state index is 12.9. The van der Waals surface area contributed by atoms with Crippen molar-refractivity contribution in [1.82, 2.24) is 10.2 Å². The van der Waals surface area contributed by atoms with E-state index in [9.17, 15) is 22.8 Å². The number of esters is 1. The van der Waals surface area contributed by atoms with E-state index in [1.807, 2.05) is 18.7 Å². The predicted octanol–water partition coefficient (Wildman–Crippen LogP) is 3.12. The molecule has 1 saturated heterocycles. The molecule has 6 nitrogen and oxygen atoms in total. The lowest BCUT2D eigenvalue weighted by Gasteiger charge is -2.37. The molecule has 2 atom stereocenters. The van der Waals surface area contributed by atoms with E-state index in [1.165, 1.54) is 13.2 Å². The van der Waals surface area contributed by atoms with Gasteiger partial charge in [-0.15, -0.1) is 0 Å². The summed E-state index contributed by atoms with van der Waals surface area (Å²) in [5, 5.41) is 2.72. The van der Waals surface area contributed by atoms with Crippen LogP contribution in [0, 0.1) is 5.92 Å². The van der Waals surface area contributed by atoms with Crippen molar-refractivity contribution in [1.29, 1.82) is 0 Å². The second kappa shape index (κ2) is 9.16. The van der Waals surface area contributed by atoms with Gasteiger partial charge in [0.25, 0.3) is 0 Å². The van der Waals surface area contributed by atoms with Crippen LogP contribution < -0.4 is 10.2 Å². The first kappa shape index (κ1) is 21.8. The fourth-order valence-electron chi connectivity index (χ4n) is 3.07. The predicted molar refractivity (Wildman–Crippen MR) is 99.0 cm³/mol. The van der Waals surface area contributed by atoms with Gasteiger partial charge in [0.15, 0.2) is 0 Å². The molecule has 2 amide bonds. The molecule has 1 aromatic carbocycles. The number of nitrogens with one attached hydrogen (secondary N) is 1. The minimum Gasteiger partial charge on any atom is -0.467 e. The van der Waals surface area contributed by atoms with Crippen molar-refractivity contribution in [2.45, 2.75) is 32.5 Å². The van der Waals surface area contributed by atoms with Crippen LogP contribution in [0.1, 0.15) is 25.8 Å². The third kappa shape index (κ3) is 5.30. The molecule has 0 aromatic heterocycles. The smallest absolute Gasteiger partial charge is 0.416 e. The number of amides is 2. The Hall–Kier alpha value is -2.45. The standard InChI is InChI=1S/C19H26F3N3O3/c1-4-13(2)16(17(26)28-3)23-18(27)25-10-8-24(9-11-25)15-7-5-6-14(12-15)19(20,21)22/h5-7,12-13,16H,4,8-11H2,1-3H3,(H,23,27)/t13-,16+/m1/s1.